The van der Waals surface area contributed by atoms with E-state index in [-0.39, 0.29) is 11.9 Å². The van der Waals surface area contributed by atoms with Crippen LogP contribution in [0.4, 0.5) is 0 Å². The van der Waals surface area contributed by atoms with E-state index in [4.69, 9.17) is 14.5 Å². The lowest BCUT2D eigenvalue weighted by molar-refractivity contribution is -0.124. The van der Waals surface area contributed by atoms with E-state index in [1.54, 1.807) is 18.9 Å². The van der Waals surface area contributed by atoms with Gasteiger partial charge in [-0.15, -0.1) is 0 Å². The highest BCUT2D eigenvalue weighted by atomic mass is 79.9. The molecule has 2 saturated carbocycles. The molecule has 0 atom stereocenters. The molecule has 5 rings (SSSR count). The number of aliphatic imine (C=N–C) groups is 1. The maximum Gasteiger partial charge on any atom is 0.266 e. The van der Waals surface area contributed by atoms with Crippen LogP contribution >= 0.6 is 27.7 Å². The molecule has 2 aliphatic carbocycles. The van der Waals surface area contributed by atoms with E-state index in [1.807, 2.05) is 53.4 Å². The van der Waals surface area contributed by atoms with Crippen LogP contribution < -0.4 is 9.47 Å². The Labute approximate surface area is 232 Å². The average Bonchev–Trinajstić information content (AvgIpc) is 3.23. The molecule has 0 radical (unpaired) electrons. The Morgan fingerprint density at radius 1 is 0.973 bits per heavy atom. The van der Waals surface area contributed by atoms with Crippen molar-refractivity contribution in [2.75, 3.05) is 7.11 Å². The summed E-state index contributed by atoms with van der Waals surface area (Å²) in [5.74, 6) is 1.43. The fourth-order valence-electron chi connectivity index (χ4n) is 5.39. The number of amides is 1. The highest BCUT2D eigenvalue weighted by Crippen LogP contribution is 2.39. The van der Waals surface area contributed by atoms with Crippen LogP contribution in [0.5, 0.6) is 11.5 Å². The summed E-state index contributed by atoms with van der Waals surface area (Å²) in [5.41, 5.74) is 2.00. The molecule has 0 unspecified atom stereocenters. The van der Waals surface area contributed by atoms with Crippen LogP contribution in [0.3, 0.4) is 0 Å². The first-order chi connectivity index (χ1) is 18.1. The van der Waals surface area contributed by atoms with Gasteiger partial charge in [0, 0.05) is 10.5 Å². The van der Waals surface area contributed by atoms with Gasteiger partial charge in [-0.25, -0.2) is 0 Å². The minimum Gasteiger partial charge on any atom is -0.493 e. The van der Waals surface area contributed by atoms with Gasteiger partial charge in [0.25, 0.3) is 5.91 Å². The molecular weight excluding hydrogens is 548 g/mol. The molecule has 37 heavy (non-hydrogen) atoms. The third kappa shape index (κ3) is 6.61. The number of ether oxygens (including phenoxy) is 2. The minimum atomic E-state index is 0.0981. The Bertz CT molecular complexity index is 1150. The van der Waals surface area contributed by atoms with Gasteiger partial charge in [-0.3, -0.25) is 14.7 Å². The predicted octanol–water partition coefficient (Wildman–Crippen LogP) is 7.97. The Morgan fingerprint density at radius 2 is 1.68 bits per heavy atom. The molecule has 7 heteroatoms. The summed E-state index contributed by atoms with van der Waals surface area (Å²) in [6.45, 7) is 0.454. The van der Waals surface area contributed by atoms with Gasteiger partial charge in [-0.05, 0) is 78.9 Å². The van der Waals surface area contributed by atoms with E-state index >= 15 is 0 Å². The molecule has 0 bridgehead atoms. The van der Waals surface area contributed by atoms with E-state index in [1.165, 1.54) is 38.5 Å². The number of hydrogen-bond acceptors (Lipinski definition) is 5. The van der Waals surface area contributed by atoms with Gasteiger partial charge in [0.05, 0.1) is 18.1 Å². The highest BCUT2D eigenvalue weighted by Gasteiger charge is 2.39. The summed E-state index contributed by atoms with van der Waals surface area (Å²) < 4.78 is 12.7. The molecule has 2 aromatic rings. The molecule has 3 aliphatic rings. The Hall–Kier alpha value is -2.25. The second kappa shape index (κ2) is 12.5. The highest BCUT2D eigenvalue weighted by molar-refractivity contribution is 9.10. The quantitative estimate of drug-likeness (QED) is 0.310. The van der Waals surface area contributed by atoms with Crippen LogP contribution in [0.1, 0.15) is 75.3 Å². The number of rotatable bonds is 7. The number of carbonyl (C=O) groups excluding carboxylic acids is 1. The molecule has 0 N–H and O–H groups in total. The second-order valence-corrected chi connectivity index (χ2v) is 12.0. The molecule has 1 saturated heterocycles. The van der Waals surface area contributed by atoms with Gasteiger partial charge in [0.2, 0.25) is 0 Å². The zero-order valence-electron chi connectivity index (χ0n) is 21.5. The molecule has 0 spiro atoms. The Kier molecular flexibility index (Phi) is 8.93. The van der Waals surface area contributed by atoms with Crippen LogP contribution in [0, 0.1) is 0 Å². The fraction of sp³-hybridized carbons (Fsp3) is 0.467. The van der Waals surface area contributed by atoms with Gasteiger partial charge in [0.15, 0.2) is 16.7 Å². The molecule has 2 aromatic carbocycles. The number of benzene rings is 2. The van der Waals surface area contributed by atoms with Gasteiger partial charge in [-0.1, -0.05) is 72.7 Å². The summed E-state index contributed by atoms with van der Waals surface area (Å²) in [6, 6.07) is 14.5. The Balaban J connectivity index is 1.35. The first-order valence-electron chi connectivity index (χ1n) is 13.5. The summed E-state index contributed by atoms with van der Waals surface area (Å²) in [5, 5.41) is 0.913. The van der Waals surface area contributed by atoms with Crippen molar-refractivity contribution < 1.29 is 14.3 Å². The molecule has 196 valence electrons. The number of nitrogens with zero attached hydrogens (tertiary/aromatic N) is 2. The van der Waals surface area contributed by atoms with Gasteiger partial charge < -0.3 is 9.47 Å². The summed E-state index contributed by atoms with van der Waals surface area (Å²) >= 11 is 5.01. The van der Waals surface area contributed by atoms with E-state index in [0.717, 1.165) is 51.4 Å². The first-order valence-corrected chi connectivity index (χ1v) is 15.1. The number of carbonyl (C=O) groups is 1. The van der Waals surface area contributed by atoms with Crippen LogP contribution in [-0.4, -0.2) is 35.2 Å². The molecule has 1 amide bonds. The molecule has 1 aliphatic heterocycles. The zero-order valence-corrected chi connectivity index (χ0v) is 23.9. The standard InChI is InChI=1S/C30H35BrN2O3S/c1-35-27-18-22(14-17-26(27)36-20-21-12-15-23(31)16-13-21)19-28-29(34)33(25-10-6-3-7-11-25)30(37-28)32-24-8-4-2-5-9-24/h12-19,24-25H,2-11,20H2,1H3. The maximum atomic E-state index is 13.7. The topological polar surface area (TPSA) is 51.1 Å². The van der Waals surface area contributed by atoms with E-state index in [0.29, 0.717) is 24.1 Å². The lowest BCUT2D eigenvalue weighted by Crippen LogP contribution is -2.41. The first kappa shape index (κ1) is 26.4. The molecule has 3 fully saturated rings. The van der Waals surface area contributed by atoms with Crippen molar-refractivity contribution in [1.82, 2.24) is 4.90 Å². The zero-order chi connectivity index (χ0) is 25.6. The maximum absolute atomic E-state index is 13.7. The lowest BCUT2D eigenvalue weighted by Gasteiger charge is -2.31. The number of hydrogen-bond donors (Lipinski definition) is 0. The normalized spacial score (nSPS) is 21.7. The SMILES string of the molecule is COc1cc(C=C2SC(=NC3CCCCC3)N(C3CCCCC3)C2=O)ccc1OCc1ccc(Br)cc1. The number of methoxy groups -OCH3 is 1. The van der Waals surface area contributed by atoms with Gasteiger partial charge in [-0.2, -0.15) is 0 Å². The molecule has 1 heterocycles. The Morgan fingerprint density at radius 3 is 2.38 bits per heavy atom. The van der Waals surface area contributed by atoms with E-state index in [2.05, 4.69) is 15.9 Å². The van der Waals surface area contributed by atoms with Crippen molar-refractivity contribution in [3.8, 4) is 11.5 Å². The van der Waals surface area contributed by atoms with Crippen LogP contribution in [-0.2, 0) is 11.4 Å². The van der Waals surface area contributed by atoms with E-state index in [9.17, 15) is 4.79 Å². The van der Waals surface area contributed by atoms with Crippen molar-refractivity contribution in [2.24, 2.45) is 4.99 Å². The van der Waals surface area contributed by atoms with Crippen molar-refractivity contribution in [2.45, 2.75) is 82.9 Å². The number of thioether (sulfide) groups is 1. The predicted molar refractivity (Wildman–Crippen MR) is 155 cm³/mol. The number of amidine groups is 1. The summed E-state index contributed by atoms with van der Waals surface area (Å²) in [6.07, 6.45) is 13.8. The van der Waals surface area contributed by atoms with E-state index < -0.39 is 0 Å². The largest absolute Gasteiger partial charge is 0.493 e. The third-order valence-electron chi connectivity index (χ3n) is 7.44. The lowest BCUT2D eigenvalue weighted by atomic mass is 9.94. The molecular formula is C30H35BrN2O3S. The second-order valence-electron chi connectivity index (χ2n) is 10.1. The van der Waals surface area contributed by atoms with Crippen molar-refractivity contribution in [1.29, 1.82) is 0 Å². The molecule has 5 nitrogen and oxygen atoms in total. The van der Waals surface area contributed by atoms with Crippen LogP contribution in [0.25, 0.3) is 6.08 Å². The average molecular weight is 584 g/mol. The third-order valence-corrected chi connectivity index (χ3v) is 8.96. The van der Waals surface area contributed by atoms with Crippen molar-refractivity contribution in [3.05, 3.63) is 63.0 Å². The van der Waals surface area contributed by atoms with Crippen LogP contribution in [0.2, 0.25) is 0 Å². The smallest absolute Gasteiger partial charge is 0.266 e. The number of halogens is 1. The monoisotopic (exact) mass is 582 g/mol. The summed E-state index contributed by atoms with van der Waals surface area (Å²) in [7, 11) is 1.65. The van der Waals surface area contributed by atoms with Gasteiger partial charge in [0.1, 0.15) is 6.61 Å². The minimum absolute atomic E-state index is 0.0981. The van der Waals surface area contributed by atoms with Crippen molar-refractivity contribution in [3.63, 3.8) is 0 Å². The van der Waals surface area contributed by atoms with Crippen LogP contribution in [0.15, 0.2) is 56.8 Å². The fourth-order valence-corrected chi connectivity index (χ4v) is 6.76. The van der Waals surface area contributed by atoms with Gasteiger partial charge >= 0.3 is 0 Å². The van der Waals surface area contributed by atoms with Crippen molar-refractivity contribution >= 4 is 44.8 Å². The summed E-state index contributed by atoms with van der Waals surface area (Å²) in [4.78, 5) is 21.6. The molecule has 0 aromatic heterocycles.